The number of carbonyl (C=O) groups is 3. The molecule has 2 aliphatic rings. The van der Waals surface area contributed by atoms with Gasteiger partial charge in [-0.3, -0.25) is 9.59 Å². The summed E-state index contributed by atoms with van der Waals surface area (Å²) in [5.41, 5.74) is 0. The molecule has 7 nitrogen and oxygen atoms in total. The summed E-state index contributed by atoms with van der Waals surface area (Å²) in [6, 6.07) is 3.86. The van der Waals surface area contributed by atoms with Crippen molar-refractivity contribution < 1.29 is 23.5 Å². The summed E-state index contributed by atoms with van der Waals surface area (Å²) in [5.74, 6) is -0.592. The fourth-order valence-corrected chi connectivity index (χ4v) is 3.05. The number of hydrogen-bond donors (Lipinski definition) is 1. The number of rotatable bonds is 2. The van der Waals surface area contributed by atoms with E-state index in [2.05, 4.69) is 5.32 Å². The summed E-state index contributed by atoms with van der Waals surface area (Å²) in [6.07, 6.45) is -0.627. The fraction of sp³-hybridized carbons (Fsp3) is 0.471. The predicted octanol–water partition coefficient (Wildman–Crippen LogP) is 0.992. The van der Waals surface area contributed by atoms with Crippen LogP contribution in [0.25, 0.3) is 0 Å². The number of carbonyl (C=O) groups excluding carboxylic acids is 3. The van der Waals surface area contributed by atoms with Crippen molar-refractivity contribution in [2.24, 2.45) is 5.92 Å². The highest BCUT2D eigenvalue weighted by atomic mass is 19.1. The maximum atomic E-state index is 12.9. The monoisotopic (exact) mass is 349 g/mol. The van der Waals surface area contributed by atoms with E-state index >= 15 is 0 Å². The van der Waals surface area contributed by atoms with Gasteiger partial charge in [-0.05, 0) is 30.2 Å². The second kappa shape index (κ2) is 6.70. The van der Waals surface area contributed by atoms with Crippen molar-refractivity contribution in [3.05, 3.63) is 30.1 Å². The molecule has 0 aliphatic carbocycles. The Morgan fingerprint density at radius 3 is 2.56 bits per heavy atom. The average Bonchev–Trinajstić information content (AvgIpc) is 2.59. The van der Waals surface area contributed by atoms with Crippen molar-refractivity contribution in [2.45, 2.75) is 25.9 Å². The van der Waals surface area contributed by atoms with E-state index in [0.29, 0.717) is 0 Å². The number of halogens is 1. The molecule has 1 N–H and O–H groups in total. The average molecular weight is 349 g/mol. The lowest BCUT2D eigenvalue weighted by molar-refractivity contribution is -0.153. The molecule has 0 saturated carbocycles. The van der Waals surface area contributed by atoms with Crippen molar-refractivity contribution in [3.8, 4) is 5.75 Å². The zero-order valence-corrected chi connectivity index (χ0v) is 14.1. The molecule has 1 aromatic carbocycles. The number of nitrogens with zero attached hydrogens (tertiary/aromatic N) is 2. The zero-order valence-electron chi connectivity index (χ0n) is 14.1. The van der Waals surface area contributed by atoms with E-state index in [9.17, 15) is 18.8 Å². The van der Waals surface area contributed by atoms with Gasteiger partial charge in [0, 0.05) is 13.1 Å². The van der Waals surface area contributed by atoms with Gasteiger partial charge in [0.15, 0.2) is 0 Å². The lowest BCUT2D eigenvalue weighted by Gasteiger charge is -2.45. The Bertz CT molecular complexity index is 692. The van der Waals surface area contributed by atoms with Crippen molar-refractivity contribution >= 4 is 17.9 Å². The minimum atomic E-state index is -0.711. The number of fused-ring (bicyclic) bond motifs is 1. The van der Waals surface area contributed by atoms with Gasteiger partial charge in [0.25, 0.3) is 0 Å². The number of piperazine rings is 2. The molecule has 3 amide bonds. The first-order valence-corrected chi connectivity index (χ1v) is 8.20. The van der Waals surface area contributed by atoms with E-state index in [4.69, 9.17) is 4.74 Å². The van der Waals surface area contributed by atoms with Crippen LogP contribution in [-0.4, -0.2) is 59.4 Å². The normalized spacial score (nSPS) is 23.4. The third-order valence-corrected chi connectivity index (χ3v) is 4.47. The second-order valence-corrected chi connectivity index (χ2v) is 6.55. The van der Waals surface area contributed by atoms with E-state index in [-0.39, 0.29) is 43.1 Å². The Kier molecular flexibility index (Phi) is 4.61. The van der Waals surface area contributed by atoms with Crippen LogP contribution in [0, 0.1) is 11.7 Å². The quantitative estimate of drug-likeness (QED) is 0.864. The lowest BCUT2D eigenvalue weighted by Crippen LogP contribution is -2.70. The number of benzene rings is 1. The Morgan fingerprint density at radius 2 is 1.92 bits per heavy atom. The molecule has 2 saturated heterocycles. The molecule has 2 atom stereocenters. The molecule has 0 aromatic heterocycles. The molecule has 0 spiro atoms. The van der Waals surface area contributed by atoms with E-state index < -0.39 is 24.0 Å². The highest BCUT2D eigenvalue weighted by molar-refractivity contribution is 5.97. The van der Waals surface area contributed by atoms with Gasteiger partial charge in [0.2, 0.25) is 11.8 Å². The first kappa shape index (κ1) is 17.2. The molecule has 3 rings (SSSR count). The van der Waals surface area contributed by atoms with E-state index in [1.165, 1.54) is 34.1 Å². The first-order valence-electron chi connectivity index (χ1n) is 8.20. The SMILES string of the molecule is CC(C)[C@@H]1NC(=O)[C@H]2CN(C(=O)Oc3ccc(F)cc3)CCN2C1=O. The third-order valence-electron chi connectivity index (χ3n) is 4.47. The molecule has 0 unspecified atom stereocenters. The predicted molar refractivity (Wildman–Crippen MR) is 86.3 cm³/mol. The largest absolute Gasteiger partial charge is 0.415 e. The van der Waals surface area contributed by atoms with Crippen molar-refractivity contribution in [1.82, 2.24) is 15.1 Å². The van der Waals surface area contributed by atoms with Crippen molar-refractivity contribution in [1.29, 1.82) is 0 Å². The van der Waals surface area contributed by atoms with E-state index in [0.717, 1.165) is 0 Å². The fourth-order valence-electron chi connectivity index (χ4n) is 3.05. The van der Waals surface area contributed by atoms with Crippen LogP contribution in [-0.2, 0) is 9.59 Å². The standard InChI is InChI=1S/C17H20FN3O4/c1-10(2)14-16(23)21-8-7-20(9-13(21)15(22)19-14)17(24)25-12-5-3-11(18)4-6-12/h3-6,10,13-14H,7-9H2,1-2H3,(H,19,22)/t13-,14+/m1/s1. The Hall–Kier alpha value is -2.64. The number of hydrogen-bond acceptors (Lipinski definition) is 4. The molecule has 2 fully saturated rings. The molecule has 2 aliphatic heterocycles. The van der Waals surface area contributed by atoms with Crippen LogP contribution in [0.4, 0.5) is 9.18 Å². The molecular weight excluding hydrogens is 329 g/mol. The minimum Gasteiger partial charge on any atom is -0.410 e. The van der Waals surface area contributed by atoms with Gasteiger partial charge in [-0.25, -0.2) is 9.18 Å². The van der Waals surface area contributed by atoms with Gasteiger partial charge in [0.05, 0.1) is 6.54 Å². The van der Waals surface area contributed by atoms with Crippen LogP contribution in [0.5, 0.6) is 5.75 Å². The van der Waals surface area contributed by atoms with Gasteiger partial charge in [-0.1, -0.05) is 13.8 Å². The minimum absolute atomic E-state index is 0.00105. The van der Waals surface area contributed by atoms with Gasteiger partial charge in [-0.2, -0.15) is 0 Å². The Balaban J connectivity index is 1.66. The second-order valence-electron chi connectivity index (χ2n) is 6.55. The van der Waals surface area contributed by atoms with Gasteiger partial charge >= 0.3 is 6.09 Å². The summed E-state index contributed by atoms with van der Waals surface area (Å²) in [4.78, 5) is 40.0. The third kappa shape index (κ3) is 3.42. The van der Waals surface area contributed by atoms with Crippen LogP contribution in [0.2, 0.25) is 0 Å². The number of ether oxygens (including phenoxy) is 1. The topological polar surface area (TPSA) is 79.0 Å². The summed E-state index contributed by atoms with van der Waals surface area (Å²) in [7, 11) is 0. The summed E-state index contributed by atoms with van der Waals surface area (Å²) < 4.78 is 18.1. The number of amides is 3. The van der Waals surface area contributed by atoms with Gasteiger partial charge < -0.3 is 19.9 Å². The molecular formula is C17H20FN3O4. The highest BCUT2D eigenvalue weighted by Gasteiger charge is 2.45. The van der Waals surface area contributed by atoms with Crippen molar-refractivity contribution in [2.75, 3.05) is 19.6 Å². The lowest BCUT2D eigenvalue weighted by atomic mass is 9.96. The molecule has 1 aromatic rings. The molecule has 2 heterocycles. The van der Waals surface area contributed by atoms with Gasteiger partial charge in [-0.15, -0.1) is 0 Å². The molecule has 0 bridgehead atoms. The Morgan fingerprint density at radius 1 is 1.24 bits per heavy atom. The summed E-state index contributed by atoms with van der Waals surface area (Å²) >= 11 is 0. The zero-order chi connectivity index (χ0) is 18.1. The first-order chi connectivity index (χ1) is 11.9. The van der Waals surface area contributed by atoms with Crippen LogP contribution in [0.15, 0.2) is 24.3 Å². The molecule has 134 valence electrons. The van der Waals surface area contributed by atoms with Gasteiger partial charge in [0.1, 0.15) is 23.7 Å². The number of nitrogens with one attached hydrogen (secondary N) is 1. The van der Waals surface area contributed by atoms with E-state index in [1.54, 1.807) is 0 Å². The highest BCUT2D eigenvalue weighted by Crippen LogP contribution is 2.21. The van der Waals surface area contributed by atoms with Crippen LogP contribution >= 0.6 is 0 Å². The summed E-state index contributed by atoms with van der Waals surface area (Å²) in [6.45, 7) is 4.38. The maximum absolute atomic E-state index is 12.9. The summed E-state index contributed by atoms with van der Waals surface area (Å²) in [5, 5.41) is 2.73. The smallest absolute Gasteiger partial charge is 0.410 e. The molecule has 0 radical (unpaired) electrons. The molecule has 25 heavy (non-hydrogen) atoms. The molecule has 8 heteroatoms. The maximum Gasteiger partial charge on any atom is 0.415 e. The van der Waals surface area contributed by atoms with Crippen LogP contribution in [0.3, 0.4) is 0 Å². The van der Waals surface area contributed by atoms with Crippen LogP contribution in [0.1, 0.15) is 13.8 Å². The Labute approximate surface area is 144 Å². The van der Waals surface area contributed by atoms with Crippen molar-refractivity contribution in [3.63, 3.8) is 0 Å². The van der Waals surface area contributed by atoms with E-state index in [1.807, 2.05) is 13.8 Å². The van der Waals surface area contributed by atoms with Crippen LogP contribution < -0.4 is 10.1 Å².